The van der Waals surface area contributed by atoms with E-state index in [1.165, 1.54) is 6.42 Å². The molecule has 1 heterocycles. The van der Waals surface area contributed by atoms with Crippen molar-refractivity contribution >= 4 is 27.6 Å². The van der Waals surface area contributed by atoms with Crippen molar-refractivity contribution in [1.82, 2.24) is 0 Å². The van der Waals surface area contributed by atoms with E-state index in [0.717, 1.165) is 23.1 Å². The molecule has 0 amide bonds. The molecule has 1 aliphatic heterocycles. The number of anilines is 1. The number of aromatic carboxylic acids is 1. The average Bonchev–Trinajstić information content (AvgIpc) is 2.32. The Bertz CT molecular complexity index is 461. The number of carboxylic acids is 1. The highest BCUT2D eigenvalue weighted by atomic mass is 79.9. The van der Waals surface area contributed by atoms with E-state index >= 15 is 0 Å². The first-order valence-electron chi connectivity index (χ1n) is 6.30. The summed E-state index contributed by atoms with van der Waals surface area (Å²) < 4.78 is 0.924. The molecule has 0 spiro atoms. The van der Waals surface area contributed by atoms with Gasteiger partial charge < -0.3 is 10.0 Å². The van der Waals surface area contributed by atoms with Crippen LogP contribution in [0.2, 0.25) is 0 Å². The smallest absolute Gasteiger partial charge is 0.337 e. The van der Waals surface area contributed by atoms with Crippen LogP contribution in [0.5, 0.6) is 0 Å². The minimum Gasteiger partial charge on any atom is -0.478 e. The molecule has 4 heteroatoms. The molecule has 2 unspecified atom stereocenters. The highest BCUT2D eigenvalue weighted by molar-refractivity contribution is 9.10. The van der Waals surface area contributed by atoms with Crippen LogP contribution >= 0.6 is 15.9 Å². The Morgan fingerprint density at radius 2 is 2.17 bits per heavy atom. The summed E-state index contributed by atoms with van der Waals surface area (Å²) in [6.45, 7) is 5.34. The van der Waals surface area contributed by atoms with E-state index in [0.29, 0.717) is 17.5 Å². The van der Waals surface area contributed by atoms with Gasteiger partial charge in [-0.25, -0.2) is 4.79 Å². The second kappa shape index (κ2) is 5.31. The molecule has 98 valence electrons. The van der Waals surface area contributed by atoms with Gasteiger partial charge in [-0.05, 0) is 43.9 Å². The van der Waals surface area contributed by atoms with Crippen LogP contribution in [0.15, 0.2) is 22.7 Å². The van der Waals surface area contributed by atoms with E-state index in [1.807, 2.05) is 6.07 Å². The summed E-state index contributed by atoms with van der Waals surface area (Å²) in [4.78, 5) is 13.5. The fourth-order valence-corrected chi connectivity index (χ4v) is 2.95. The van der Waals surface area contributed by atoms with E-state index in [-0.39, 0.29) is 0 Å². The van der Waals surface area contributed by atoms with Crippen LogP contribution in [-0.4, -0.2) is 23.7 Å². The molecule has 18 heavy (non-hydrogen) atoms. The van der Waals surface area contributed by atoms with Gasteiger partial charge in [-0.2, -0.15) is 0 Å². The molecule has 0 radical (unpaired) electrons. The maximum atomic E-state index is 11.3. The topological polar surface area (TPSA) is 40.5 Å². The summed E-state index contributed by atoms with van der Waals surface area (Å²) in [5.41, 5.74) is 1.22. The maximum Gasteiger partial charge on any atom is 0.337 e. The van der Waals surface area contributed by atoms with Crippen LogP contribution in [0.25, 0.3) is 0 Å². The van der Waals surface area contributed by atoms with Crippen molar-refractivity contribution < 1.29 is 9.90 Å². The number of piperidine rings is 1. The average molecular weight is 312 g/mol. The zero-order chi connectivity index (χ0) is 13.3. The van der Waals surface area contributed by atoms with E-state index in [4.69, 9.17) is 0 Å². The summed E-state index contributed by atoms with van der Waals surface area (Å²) in [6.07, 6.45) is 2.34. The normalized spacial score (nSPS) is 24.1. The van der Waals surface area contributed by atoms with E-state index in [1.54, 1.807) is 12.1 Å². The molecule has 2 atom stereocenters. The first-order valence-corrected chi connectivity index (χ1v) is 7.09. The van der Waals surface area contributed by atoms with Gasteiger partial charge in [0.2, 0.25) is 0 Å². The van der Waals surface area contributed by atoms with Gasteiger partial charge in [-0.15, -0.1) is 0 Å². The highest BCUT2D eigenvalue weighted by Gasteiger charge is 2.27. The van der Waals surface area contributed by atoms with Gasteiger partial charge in [0, 0.05) is 17.1 Å². The molecule has 2 rings (SSSR count). The Kier molecular flexibility index (Phi) is 3.95. The van der Waals surface area contributed by atoms with Crippen molar-refractivity contribution in [2.75, 3.05) is 11.4 Å². The molecule has 1 N–H and O–H groups in total. The number of benzene rings is 1. The zero-order valence-corrected chi connectivity index (χ0v) is 12.3. The number of nitrogens with zero attached hydrogens (tertiary/aromatic N) is 1. The summed E-state index contributed by atoms with van der Waals surface area (Å²) in [5.74, 6) is -0.262. The lowest BCUT2D eigenvalue weighted by Crippen LogP contribution is -2.43. The molecular weight excluding hydrogens is 294 g/mol. The van der Waals surface area contributed by atoms with Gasteiger partial charge in [0.1, 0.15) is 0 Å². The quantitative estimate of drug-likeness (QED) is 0.903. The van der Waals surface area contributed by atoms with Crippen molar-refractivity contribution in [2.24, 2.45) is 5.92 Å². The fraction of sp³-hybridized carbons (Fsp3) is 0.500. The second-order valence-electron chi connectivity index (χ2n) is 5.02. The third-order valence-electron chi connectivity index (χ3n) is 3.87. The number of hydrogen-bond donors (Lipinski definition) is 1. The summed E-state index contributed by atoms with van der Waals surface area (Å²) in [7, 11) is 0. The van der Waals surface area contributed by atoms with E-state index in [2.05, 4.69) is 34.7 Å². The van der Waals surface area contributed by atoms with Crippen molar-refractivity contribution in [3.63, 3.8) is 0 Å². The van der Waals surface area contributed by atoms with Gasteiger partial charge >= 0.3 is 5.97 Å². The first-order chi connectivity index (χ1) is 8.50. The predicted octanol–water partition coefficient (Wildman–Crippen LogP) is 3.77. The summed E-state index contributed by atoms with van der Waals surface area (Å²) in [5, 5.41) is 9.30. The second-order valence-corrected chi connectivity index (χ2v) is 5.94. The number of hydrogen-bond acceptors (Lipinski definition) is 2. The van der Waals surface area contributed by atoms with Crippen LogP contribution in [0.3, 0.4) is 0 Å². The van der Waals surface area contributed by atoms with Crippen LogP contribution < -0.4 is 4.90 Å². The Labute approximate surface area is 116 Å². The highest BCUT2D eigenvalue weighted by Crippen LogP contribution is 2.32. The lowest BCUT2D eigenvalue weighted by atomic mass is 9.91. The fourth-order valence-electron chi connectivity index (χ4n) is 2.60. The van der Waals surface area contributed by atoms with E-state index < -0.39 is 5.97 Å². The Morgan fingerprint density at radius 1 is 1.44 bits per heavy atom. The standard InChI is InChI=1S/C14H18BrNO2/c1-9-4-3-7-16(10(9)2)13-8-11(15)5-6-12(13)14(17)18/h5-6,8-10H,3-4,7H2,1-2H3,(H,17,18). The van der Waals surface area contributed by atoms with Crippen LogP contribution in [-0.2, 0) is 0 Å². The van der Waals surface area contributed by atoms with Gasteiger partial charge in [0.05, 0.1) is 11.3 Å². The lowest BCUT2D eigenvalue weighted by Gasteiger charge is -2.40. The minimum absolute atomic E-state index is 0.381. The monoisotopic (exact) mass is 311 g/mol. The molecule has 0 aromatic heterocycles. The van der Waals surface area contributed by atoms with Crippen LogP contribution in [0.4, 0.5) is 5.69 Å². The van der Waals surface area contributed by atoms with Crippen molar-refractivity contribution in [3.8, 4) is 0 Å². The first kappa shape index (κ1) is 13.4. The Morgan fingerprint density at radius 3 is 2.83 bits per heavy atom. The Hall–Kier alpha value is -1.03. The molecule has 1 fully saturated rings. The summed E-state index contributed by atoms with van der Waals surface area (Å²) >= 11 is 3.43. The van der Waals surface area contributed by atoms with Crippen molar-refractivity contribution in [3.05, 3.63) is 28.2 Å². The molecule has 0 saturated carbocycles. The molecule has 1 aromatic carbocycles. The Balaban J connectivity index is 2.42. The van der Waals surface area contributed by atoms with Gasteiger partial charge in [-0.3, -0.25) is 0 Å². The predicted molar refractivity (Wildman–Crippen MR) is 76.3 cm³/mol. The molecule has 1 aromatic rings. The third kappa shape index (κ3) is 2.53. The molecule has 1 aliphatic rings. The maximum absolute atomic E-state index is 11.3. The largest absolute Gasteiger partial charge is 0.478 e. The van der Waals surface area contributed by atoms with Crippen molar-refractivity contribution in [2.45, 2.75) is 32.7 Å². The minimum atomic E-state index is -0.858. The molecule has 0 bridgehead atoms. The van der Waals surface area contributed by atoms with Gasteiger partial charge in [-0.1, -0.05) is 22.9 Å². The van der Waals surface area contributed by atoms with Gasteiger partial charge in [0.15, 0.2) is 0 Å². The number of rotatable bonds is 2. The van der Waals surface area contributed by atoms with E-state index in [9.17, 15) is 9.90 Å². The van der Waals surface area contributed by atoms with Crippen LogP contribution in [0.1, 0.15) is 37.0 Å². The molecule has 0 aliphatic carbocycles. The van der Waals surface area contributed by atoms with Crippen LogP contribution in [0, 0.1) is 5.92 Å². The summed E-state index contributed by atoms with van der Waals surface area (Å²) in [6, 6.07) is 5.75. The SMILES string of the molecule is CC1CCCN(c2cc(Br)ccc2C(=O)O)C1C. The lowest BCUT2D eigenvalue weighted by molar-refractivity contribution is 0.0697. The molecule has 3 nitrogen and oxygen atoms in total. The zero-order valence-electron chi connectivity index (χ0n) is 10.7. The third-order valence-corrected chi connectivity index (χ3v) is 4.37. The number of halogens is 1. The van der Waals surface area contributed by atoms with Crippen molar-refractivity contribution in [1.29, 1.82) is 0 Å². The molecule has 1 saturated heterocycles. The molecular formula is C14H18BrNO2. The number of carboxylic acid groups (broad SMARTS) is 1. The van der Waals surface area contributed by atoms with Gasteiger partial charge in [0.25, 0.3) is 0 Å². The number of carbonyl (C=O) groups is 1.